The van der Waals surface area contributed by atoms with Gasteiger partial charge in [0.2, 0.25) is 5.88 Å². The van der Waals surface area contributed by atoms with Gasteiger partial charge in [0, 0.05) is 45.1 Å². The Hall–Kier alpha value is -3.24. The highest BCUT2D eigenvalue weighted by Gasteiger charge is 2.23. The predicted octanol–water partition coefficient (Wildman–Crippen LogP) is 3.47. The molecule has 0 radical (unpaired) electrons. The molecule has 168 valence electrons. The lowest BCUT2D eigenvalue weighted by Gasteiger charge is -2.33. The largest absolute Gasteiger partial charge is 0.493 e. The molecule has 1 saturated heterocycles. The first-order chi connectivity index (χ1) is 15.4. The summed E-state index contributed by atoms with van der Waals surface area (Å²) in [4.78, 5) is 28.0. The van der Waals surface area contributed by atoms with E-state index in [1.54, 1.807) is 23.2 Å². The zero-order valence-corrected chi connectivity index (χ0v) is 18.9. The molecule has 0 saturated carbocycles. The quantitative estimate of drug-likeness (QED) is 0.570. The minimum atomic E-state index is -0.399. The Morgan fingerprint density at radius 1 is 1.22 bits per heavy atom. The maximum absolute atomic E-state index is 12.6. The number of imidazole rings is 1. The molecule has 4 rings (SSSR count). The Morgan fingerprint density at radius 3 is 2.59 bits per heavy atom. The number of piperazine rings is 1. The average Bonchev–Trinajstić information content (AvgIpc) is 3.10. The maximum Gasteiger partial charge on any atom is 0.415 e. The third-order valence-corrected chi connectivity index (χ3v) is 5.67. The number of H-pyrrole nitrogens is 1. The molecule has 0 aliphatic carbocycles. The maximum atomic E-state index is 12.6. The Morgan fingerprint density at radius 2 is 2.00 bits per heavy atom. The highest BCUT2D eigenvalue weighted by Crippen LogP contribution is 2.27. The molecular formula is C22H26N6O3S. The Bertz CT molecular complexity index is 1120. The van der Waals surface area contributed by atoms with Crippen LogP contribution in [0.15, 0.2) is 42.9 Å². The number of pyridine rings is 2. The van der Waals surface area contributed by atoms with Crippen LogP contribution in [-0.2, 0) is 6.54 Å². The first-order valence-corrected chi connectivity index (χ1v) is 10.9. The van der Waals surface area contributed by atoms with Crippen LogP contribution in [0.5, 0.6) is 11.6 Å². The smallest absolute Gasteiger partial charge is 0.415 e. The fourth-order valence-corrected chi connectivity index (χ4v) is 3.92. The summed E-state index contributed by atoms with van der Waals surface area (Å²) in [6.45, 7) is 7.45. The van der Waals surface area contributed by atoms with Crippen molar-refractivity contribution < 1.29 is 14.6 Å². The van der Waals surface area contributed by atoms with Gasteiger partial charge in [0.15, 0.2) is 10.5 Å². The van der Waals surface area contributed by atoms with Crippen LogP contribution < -0.4 is 4.74 Å². The van der Waals surface area contributed by atoms with Crippen LogP contribution in [0.4, 0.5) is 4.79 Å². The van der Waals surface area contributed by atoms with Crippen molar-refractivity contribution in [2.45, 2.75) is 26.3 Å². The van der Waals surface area contributed by atoms with Crippen LogP contribution in [0.25, 0.3) is 5.82 Å². The van der Waals surface area contributed by atoms with Gasteiger partial charge in [-0.05, 0) is 41.9 Å². The third kappa shape index (κ3) is 4.81. The number of aromatic nitrogens is 4. The van der Waals surface area contributed by atoms with Gasteiger partial charge in [0.1, 0.15) is 5.82 Å². The zero-order chi connectivity index (χ0) is 22.7. The molecule has 1 aliphatic heterocycles. The van der Waals surface area contributed by atoms with Crippen LogP contribution in [-0.4, -0.2) is 66.7 Å². The molecule has 1 amide bonds. The first-order valence-electron chi connectivity index (χ1n) is 10.5. The number of nitrogens with zero attached hydrogens (tertiary/aromatic N) is 5. The van der Waals surface area contributed by atoms with Gasteiger partial charge < -0.3 is 19.7 Å². The minimum Gasteiger partial charge on any atom is -0.493 e. The van der Waals surface area contributed by atoms with E-state index >= 15 is 0 Å². The second-order valence-corrected chi connectivity index (χ2v) is 8.39. The van der Waals surface area contributed by atoms with Gasteiger partial charge in [-0.2, -0.15) is 0 Å². The van der Waals surface area contributed by atoms with Gasteiger partial charge in [0.25, 0.3) is 0 Å². The van der Waals surface area contributed by atoms with Gasteiger partial charge in [-0.15, -0.1) is 0 Å². The highest BCUT2D eigenvalue weighted by atomic mass is 32.1. The molecule has 0 spiro atoms. The van der Waals surface area contributed by atoms with Crippen molar-refractivity contribution in [2.24, 2.45) is 0 Å². The Kier molecular flexibility index (Phi) is 6.52. The standard InChI is InChI=1S/C22H26N6O3S/c1-15(2)19-20(29)28(21(32)25-19)18-6-5-17(13-24-18)31-22(30)27-10-8-26(9-11-27)14-16-4-3-7-23-12-16/h3-7,12-13,15,29H,8-11,14H2,1-2H3,(H,25,32). The van der Waals surface area contributed by atoms with Gasteiger partial charge in [-0.1, -0.05) is 19.9 Å². The molecule has 9 nitrogen and oxygen atoms in total. The summed E-state index contributed by atoms with van der Waals surface area (Å²) in [5, 5.41) is 10.5. The summed E-state index contributed by atoms with van der Waals surface area (Å²) in [5.41, 5.74) is 1.80. The van der Waals surface area contributed by atoms with Crippen LogP contribution in [0.3, 0.4) is 0 Å². The summed E-state index contributed by atoms with van der Waals surface area (Å²) >= 11 is 5.31. The molecule has 0 unspecified atom stereocenters. The van der Waals surface area contributed by atoms with E-state index in [2.05, 4.69) is 19.9 Å². The van der Waals surface area contributed by atoms with E-state index in [-0.39, 0.29) is 11.8 Å². The van der Waals surface area contributed by atoms with Crippen molar-refractivity contribution >= 4 is 18.3 Å². The SMILES string of the molecule is CC(C)c1[nH]c(=S)n(-c2ccc(OC(=O)N3CCN(Cc4cccnc4)CC3)cn2)c1O. The fourth-order valence-electron chi connectivity index (χ4n) is 3.63. The van der Waals surface area contributed by atoms with E-state index in [0.717, 1.165) is 25.2 Å². The molecule has 0 bridgehead atoms. The molecule has 0 atom stereocenters. The number of aromatic amines is 1. The molecule has 2 N–H and O–H groups in total. The van der Waals surface area contributed by atoms with Crippen LogP contribution in [0, 0.1) is 4.77 Å². The topological polar surface area (TPSA) is 99.5 Å². The normalized spacial score (nSPS) is 14.7. The second kappa shape index (κ2) is 9.49. The molecule has 4 heterocycles. The second-order valence-electron chi connectivity index (χ2n) is 8.00. The van der Waals surface area contributed by atoms with Crippen LogP contribution in [0.1, 0.15) is 31.0 Å². The Labute approximate surface area is 191 Å². The van der Waals surface area contributed by atoms with Crippen molar-refractivity contribution in [3.63, 3.8) is 0 Å². The van der Waals surface area contributed by atoms with Crippen molar-refractivity contribution in [3.05, 3.63) is 58.9 Å². The number of carbonyl (C=O) groups is 1. The zero-order valence-electron chi connectivity index (χ0n) is 18.1. The molecule has 10 heteroatoms. The van der Waals surface area contributed by atoms with E-state index in [1.807, 2.05) is 32.2 Å². The third-order valence-electron chi connectivity index (χ3n) is 5.39. The lowest BCUT2D eigenvalue weighted by atomic mass is 10.1. The van der Waals surface area contributed by atoms with Crippen LogP contribution in [0.2, 0.25) is 0 Å². The van der Waals surface area contributed by atoms with E-state index in [4.69, 9.17) is 17.0 Å². The van der Waals surface area contributed by atoms with E-state index in [1.165, 1.54) is 10.8 Å². The molecule has 0 aromatic carbocycles. The van der Waals surface area contributed by atoms with Crippen molar-refractivity contribution in [1.29, 1.82) is 0 Å². The van der Waals surface area contributed by atoms with Crippen molar-refractivity contribution in [3.8, 4) is 17.4 Å². The number of aromatic hydroxyl groups is 1. The van der Waals surface area contributed by atoms with E-state index in [9.17, 15) is 9.90 Å². The van der Waals surface area contributed by atoms with E-state index < -0.39 is 6.09 Å². The molecule has 3 aromatic heterocycles. The summed E-state index contributed by atoms with van der Waals surface area (Å²) in [6.07, 6.45) is 4.68. The average molecular weight is 455 g/mol. The van der Waals surface area contributed by atoms with Gasteiger partial charge >= 0.3 is 6.09 Å². The number of ether oxygens (including phenoxy) is 1. The van der Waals surface area contributed by atoms with Crippen molar-refractivity contribution in [1.82, 2.24) is 29.3 Å². The molecular weight excluding hydrogens is 428 g/mol. The summed E-state index contributed by atoms with van der Waals surface area (Å²) in [7, 11) is 0. The fraction of sp³-hybridized carbons (Fsp3) is 0.364. The number of carbonyl (C=O) groups excluding carboxylic acids is 1. The number of rotatable bonds is 5. The number of hydrogen-bond acceptors (Lipinski definition) is 7. The minimum absolute atomic E-state index is 0.0337. The van der Waals surface area contributed by atoms with Crippen LogP contribution >= 0.6 is 12.2 Å². The molecule has 3 aromatic rings. The lowest BCUT2D eigenvalue weighted by molar-refractivity contribution is 0.108. The molecule has 1 fully saturated rings. The predicted molar refractivity (Wildman–Crippen MR) is 122 cm³/mol. The van der Waals surface area contributed by atoms with Gasteiger partial charge in [-0.3, -0.25) is 9.88 Å². The highest BCUT2D eigenvalue weighted by molar-refractivity contribution is 7.71. The molecule has 32 heavy (non-hydrogen) atoms. The number of hydrogen-bond donors (Lipinski definition) is 2. The van der Waals surface area contributed by atoms with Gasteiger partial charge in [-0.25, -0.2) is 14.3 Å². The van der Waals surface area contributed by atoms with Gasteiger partial charge in [0.05, 0.1) is 11.9 Å². The lowest BCUT2D eigenvalue weighted by Crippen LogP contribution is -2.49. The number of amides is 1. The number of nitrogens with one attached hydrogen (secondary N) is 1. The van der Waals surface area contributed by atoms with Crippen molar-refractivity contribution in [2.75, 3.05) is 26.2 Å². The van der Waals surface area contributed by atoms with E-state index in [0.29, 0.717) is 35.1 Å². The summed E-state index contributed by atoms with van der Waals surface area (Å²) < 4.78 is 7.30. The summed E-state index contributed by atoms with van der Waals surface area (Å²) in [5.74, 6) is 0.899. The monoisotopic (exact) mass is 454 g/mol. The Balaban J connectivity index is 1.34. The summed E-state index contributed by atoms with van der Waals surface area (Å²) in [6, 6.07) is 7.27. The molecule has 1 aliphatic rings. The first kappa shape index (κ1) is 22.0.